The highest BCUT2D eigenvalue weighted by Gasteiger charge is 2.10. The van der Waals surface area contributed by atoms with Crippen LogP contribution in [0.25, 0.3) is 0 Å². The summed E-state index contributed by atoms with van der Waals surface area (Å²) in [5.74, 6) is -0.0930. The van der Waals surface area contributed by atoms with Gasteiger partial charge in [0.25, 0.3) is 5.91 Å². The van der Waals surface area contributed by atoms with Crippen LogP contribution in [0.15, 0.2) is 6.20 Å². The summed E-state index contributed by atoms with van der Waals surface area (Å²) in [5.41, 5.74) is 7.12. The molecule has 0 spiro atoms. The normalized spacial score (nSPS) is 12.5. The summed E-state index contributed by atoms with van der Waals surface area (Å²) < 4.78 is 0. The molecule has 4 N–H and O–H groups in total. The fourth-order valence-electron chi connectivity index (χ4n) is 1.25. The first-order chi connectivity index (χ1) is 7.15. The van der Waals surface area contributed by atoms with Crippen LogP contribution in [0.5, 0.6) is 0 Å². The molecule has 0 bridgehead atoms. The minimum atomic E-state index is -0.0930. The first-order valence-corrected chi connectivity index (χ1v) is 5.19. The predicted molar refractivity (Wildman–Crippen MR) is 58.5 cm³/mol. The van der Waals surface area contributed by atoms with Crippen LogP contribution in [-0.2, 0) is 0 Å². The number of nitrogens with one attached hydrogen (secondary N) is 2. The maximum Gasteiger partial charge on any atom is 0.254 e. The molecule has 0 saturated carbocycles. The Kier molecular flexibility index (Phi) is 4.30. The minimum Gasteiger partial charge on any atom is -0.352 e. The molecular weight excluding hydrogens is 192 g/mol. The number of rotatable bonds is 5. The standard InChI is InChI=1S/C10H18N4O/c1-3-8(11)4-5-12-10(15)9-6-13-14-7(9)2/h6,8H,3-5,11H2,1-2H3,(H,12,15)(H,13,14). The van der Waals surface area contributed by atoms with Crippen LogP contribution >= 0.6 is 0 Å². The monoisotopic (exact) mass is 210 g/mol. The number of carbonyl (C=O) groups excluding carboxylic acids is 1. The molecule has 1 aromatic rings. The van der Waals surface area contributed by atoms with Gasteiger partial charge in [0.1, 0.15) is 0 Å². The molecule has 0 fully saturated rings. The van der Waals surface area contributed by atoms with Crippen molar-refractivity contribution in [2.75, 3.05) is 6.54 Å². The Labute approximate surface area is 89.4 Å². The number of hydrogen-bond donors (Lipinski definition) is 3. The van der Waals surface area contributed by atoms with Gasteiger partial charge in [0.2, 0.25) is 0 Å². The number of H-pyrrole nitrogens is 1. The van der Waals surface area contributed by atoms with Gasteiger partial charge in [0.05, 0.1) is 11.8 Å². The molecule has 1 atom stereocenters. The van der Waals surface area contributed by atoms with Crippen LogP contribution in [0.2, 0.25) is 0 Å². The van der Waals surface area contributed by atoms with Crippen molar-refractivity contribution in [2.45, 2.75) is 32.7 Å². The van der Waals surface area contributed by atoms with Crippen LogP contribution in [0.4, 0.5) is 0 Å². The smallest absolute Gasteiger partial charge is 0.254 e. The van der Waals surface area contributed by atoms with Gasteiger partial charge >= 0.3 is 0 Å². The second-order valence-corrected chi connectivity index (χ2v) is 3.62. The predicted octanol–water partition coefficient (Wildman–Crippen LogP) is 0.575. The third-order valence-electron chi connectivity index (χ3n) is 2.40. The molecule has 1 aromatic heterocycles. The minimum absolute atomic E-state index is 0.0930. The summed E-state index contributed by atoms with van der Waals surface area (Å²) in [7, 11) is 0. The first-order valence-electron chi connectivity index (χ1n) is 5.19. The topological polar surface area (TPSA) is 83.8 Å². The Morgan fingerprint density at radius 2 is 2.47 bits per heavy atom. The maximum atomic E-state index is 11.6. The molecule has 1 heterocycles. The van der Waals surface area contributed by atoms with Gasteiger partial charge in [-0.1, -0.05) is 6.92 Å². The lowest BCUT2D eigenvalue weighted by atomic mass is 10.1. The summed E-state index contributed by atoms with van der Waals surface area (Å²) in [6.45, 7) is 4.46. The lowest BCUT2D eigenvalue weighted by Crippen LogP contribution is -2.30. The van der Waals surface area contributed by atoms with Crippen molar-refractivity contribution in [1.82, 2.24) is 15.5 Å². The van der Waals surface area contributed by atoms with E-state index in [1.54, 1.807) is 0 Å². The summed E-state index contributed by atoms with van der Waals surface area (Å²) in [5, 5.41) is 9.33. The van der Waals surface area contributed by atoms with E-state index in [4.69, 9.17) is 5.73 Å². The van der Waals surface area contributed by atoms with Crippen LogP contribution < -0.4 is 11.1 Å². The zero-order chi connectivity index (χ0) is 11.3. The lowest BCUT2D eigenvalue weighted by molar-refractivity contribution is 0.0952. The molecule has 0 aromatic carbocycles. The average molecular weight is 210 g/mol. The molecule has 1 rings (SSSR count). The molecule has 5 heteroatoms. The summed E-state index contributed by atoms with van der Waals surface area (Å²) in [4.78, 5) is 11.6. The highest BCUT2D eigenvalue weighted by Crippen LogP contribution is 2.01. The van der Waals surface area contributed by atoms with Crippen molar-refractivity contribution in [3.63, 3.8) is 0 Å². The molecule has 0 aliphatic carbocycles. The quantitative estimate of drug-likeness (QED) is 0.664. The van der Waals surface area contributed by atoms with Gasteiger partial charge in [-0.2, -0.15) is 5.10 Å². The summed E-state index contributed by atoms with van der Waals surface area (Å²) >= 11 is 0. The van der Waals surface area contributed by atoms with Gasteiger partial charge in [-0.3, -0.25) is 9.89 Å². The maximum absolute atomic E-state index is 11.6. The summed E-state index contributed by atoms with van der Waals surface area (Å²) in [6, 6.07) is 0.163. The third-order valence-corrected chi connectivity index (χ3v) is 2.40. The van der Waals surface area contributed by atoms with Crippen molar-refractivity contribution in [2.24, 2.45) is 5.73 Å². The van der Waals surface area contributed by atoms with Gasteiger partial charge in [-0.05, 0) is 19.8 Å². The fraction of sp³-hybridized carbons (Fsp3) is 0.600. The van der Waals surface area contributed by atoms with Crippen LogP contribution in [0, 0.1) is 6.92 Å². The van der Waals surface area contributed by atoms with Crippen molar-refractivity contribution < 1.29 is 4.79 Å². The number of carbonyl (C=O) groups is 1. The van der Waals surface area contributed by atoms with Crippen LogP contribution in [0.3, 0.4) is 0 Å². The van der Waals surface area contributed by atoms with Crippen molar-refractivity contribution >= 4 is 5.91 Å². The number of amides is 1. The molecule has 15 heavy (non-hydrogen) atoms. The van der Waals surface area contributed by atoms with Gasteiger partial charge in [-0.25, -0.2) is 0 Å². The van der Waals surface area contributed by atoms with E-state index in [9.17, 15) is 4.79 Å². The Morgan fingerprint density at radius 1 is 1.73 bits per heavy atom. The van der Waals surface area contributed by atoms with Gasteiger partial charge in [0.15, 0.2) is 0 Å². The van der Waals surface area contributed by atoms with E-state index in [1.807, 2.05) is 13.8 Å². The second kappa shape index (κ2) is 5.50. The van der Waals surface area contributed by atoms with Gasteiger partial charge < -0.3 is 11.1 Å². The van der Waals surface area contributed by atoms with E-state index < -0.39 is 0 Å². The van der Waals surface area contributed by atoms with E-state index in [1.165, 1.54) is 6.20 Å². The van der Waals surface area contributed by atoms with Crippen molar-refractivity contribution in [3.05, 3.63) is 17.5 Å². The fourth-order valence-corrected chi connectivity index (χ4v) is 1.25. The molecule has 0 aliphatic rings. The first kappa shape index (κ1) is 11.7. The number of hydrogen-bond acceptors (Lipinski definition) is 3. The van der Waals surface area contributed by atoms with Crippen molar-refractivity contribution in [1.29, 1.82) is 0 Å². The van der Waals surface area contributed by atoms with E-state index in [2.05, 4.69) is 15.5 Å². The molecule has 0 aliphatic heterocycles. The largest absolute Gasteiger partial charge is 0.352 e. The Bertz CT molecular complexity index is 321. The molecule has 1 amide bonds. The number of aryl methyl sites for hydroxylation is 1. The van der Waals surface area contributed by atoms with Gasteiger partial charge in [-0.15, -0.1) is 0 Å². The average Bonchev–Trinajstić information content (AvgIpc) is 2.64. The number of nitrogens with zero attached hydrogens (tertiary/aromatic N) is 1. The molecule has 0 saturated heterocycles. The van der Waals surface area contributed by atoms with Crippen LogP contribution in [0.1, 0.15) is 35.8 Å². The molecule has 5 nitrogen and oxygen atoms in total. The van der Waals surface area contributed by atoms with E-state index in [0.717, 1.165) is 18.5 Å². The highest BCUT2D eigenvalue weighted by molar-refractivity contribution is 5.94. The number of nitrogens with two attached hydrogens (primary N) is 1. The second-order valence-electron chi connectivity index (χ2n) is 3.62. The molecular formula is C10H18N4O. The third kappa shape index (κ3) is 3.36. The highest BCUT2D eigenvalue weighted by atomic mass is 16.1. The van der Waals surface area contributed by atoms with E-state index in [0.29, 0.717) is 12.1 Å². The number of aromatic nitrogens is 2. The van der Waals surface area contributed by atoms with Crippen molar-refractivity contribution in [3.8, 4) is 0 Å². The Morgan fingerprint density at radius 3 is 3.00 bits per heavy atom. The zero-order valence-electron chi connectivity index (χ0n) is 9.21. The number of aromatic amines is 1. The van der Waals surface area contributed by atoms with E-state index >= 15 is 0 Å². The van der Waals surface area contributed by atoms with Crippen LogP contribution in [-0.4, -0.2) is 28.7 Å². The zero-order valence-corrected chi connectivity index (χ0v) is 9.21. The SMILES string of the molecule is CCC(N)CCNC(=O)c1cn[nH]c1C. The molecule has 0 radical (unpaired) electrons. The van der Waals surface area contributed by atoms with E-state index in [-0.39, 0.29) is 11.9 Å². The Hall–Kier alpha value is -1.36. The lowest BCUT2D eigenvalue weighted by Gasteiger charge is -2.09. The molecule has 84 valence electrons. The molecule has 1 unspecified atom stereocenters. The summed E-state index contributed by atoms with van der Waals surface area (Å²) in [6.07, 6.45) is 3.27. The Balaban J connectivity index is 2.34. The van der Waals surface area contributed by atoms with Gasteiger partial charge in [0, 0.05) is 18.3 Å².